The van der Waals surface area contributed by atoms with E-state index in [9.17, 15) is 4.79 Å². The second-order valence-electron chi connectivity index (χ2n) is 7.98. The number of pyridine rings is 1. The molecule has 2 aromatic heterocycles. The Kier molecular flexibility index (Phi) is 5.82. The minimum atomic E-state index is 0.0531. The van der Waals surface area contributed by atoms with Crippen LogP contribution in [-0.2, 0) is 13.6 Å². The molecule has 1 aliphatic heterocycles. The molecule has 1 aliphatic rings. The Morgan fingerprint density at radius 3 is 2.42 bits per heavy atom. The summed E-state index contributed by atoms with van der Waals surface area (Å²) in [4.78, 5) is 22.2. The van der Waals surface area contributed by atoms with Gasteiger partial charge in [0, 0.05) is 45.5 Å². The molecule has 0 spiro atoms. The lowest BCUT2D eigenvalue weighted by molar-refractivity contribution is 0.0630. The highest BCUT2D eigenvalue weighted by molar-refractivity contribution is 6.06. The highest BCUT2D eigenvalue weighted by atomic mass is 16.5. The fourth-order valence-corrected chi connectivity index (χ4v) is 4.26. The topological polar surface area (TPSA) is 72.7 Å². The zero-order valence-corrected chi connectivity index (χ0v) is 18.8. The van der Waals surface area contributed by atoms with Crippen molar-refractivity contribution in [2.24, 2.45) is 7.05 Å². The van der Waals surface area contributed by atoms with Crippen LogP contribution < -0.4 is 9.47 Å². The highest BCUT2D eigenvalue weighted by Crippen LogP contribution is 2.28. The quantitative estimate of drug-likeness (QED) is 0.628. The summed E-state index contributed by atoms with van der Waals surface area (Å²) in [5, 5.41) is 5.31. The summed E-state index contributed by atoms with van der Waals surface area (Å²) >= 11 is 0. The zero-order valence-electron chi connectivity index (χ0n) is 18.8. The second kappa shape index (κ2) is 8.55. The number of rotatable bonds is 5. The number of amides is 1. The van der Waals surface area contributed by atoms with Crippen LogP contribution in [0.4, 0.5) is 0 Å². The highest BCUT2D eigenvalue weighted by Gasteiger charge is 2.26. The molecule has 0 saturated carbocycles. The van der Waals surface area contributed by atoms with E-state index in [0.29, 0.717) is 18.7 Å². The first-order valence-corrected chi connectivity index (χ1v) is 10.4. The van der Waals surface area contributed by atoms with E-state index in [-0.39, 0.29) is 5.91 Å². The fraction of sp³-hybridized carbons (Fsp3) is 0.435. The molecule has 0 atom stereocenters. The van der Waals surface area contributed by atoms with Gasteiger partial charge in [0.25, 0.3) is 5.91 Å². The van der Waals surface area contributed by atoms with E-state index in [1.165, 1.54) is 0 Å². The van der Waals surface area contributed by atoms with Crippen molar-refractivity contribution in [3.63, 3.8) is 0 Å². The number of hydrogen-bond acceptors (Lipinski definition) is 6. The molecule has 8 nitrogen and oxygen atoms in total. The van der Waals surface area contributed by atoms with Crippen LogP contribution in [0.25, 0.3) is 11.0 Å². The van der Waals surface area contributed by atoms with E-state index in [4.69, 9.17) is 9.47 Å². The van der Waals surface area contributed by atoms with Gasteiger partial charge in [-0.05, 0) is 37.6 Å². The van der Waals surface area contributed by atoms with Crippen LogP contribution in [0.1, 0.15) is 27.3 Å². The predicted molar refractivity (Wildman–Crippen MR) is 119 cm³/mol. The third-order valence-corrected chi connectivity index (χ3v) is 5.84. The number of carbonyl (C=O) groups is 1. The molecule has 1 saturated heterocycles. The number of ether oxygens (including phenoxy) is 2. The monoisotopic (exact) mass is 423 g/mol. The van der Waals surface area contributed by atoms with Gasteiger partial charge in [0.1, 0.15) is 0 Å². The van der Waals surface area contributed by atoms with Crippen molar-refractivity contribution in [2.45, 2.75) is 20.4 Å². The Morgan fingerprint density at radius 1 is 1.03 bits per heavy atom. The third kappa shape index (κ3) is 4.07. The van der Waals surface area contributed by atoms with Crippen molar-refractivity contribution in [2.75, 3.05) is 40.4 Å². The summed E-state index contributed by atoms with van der Waals surface area (Å²) in [6, 6.07) is 7.88. The maximum Gasteiger partial charge on any atom is 0.254 e. The van der Waals surface area contributed by atoms with Gasteiger partial charge in [0.05, 0.1) is 30.9 Å². The Balaban J connectivity index is 1.46. The number of hydrogen-bond donors (Lipinski definition) is 0. The number of fused-ring (bicyclic) bond motifs is 1. The molecule has 8 heteroatoms. The molecule has 0 unspecified atom stereocenters. The summed E-state index contributed by atoms with van der Waals surface area (Å²) in [6.07, 6.45) is 0. The average molecular weight is 424 g/mol. The summed E-state index contributed by atoms with van der Waals surface area (Å²) in [5.74, 6) is 1.52. The fourth-order valence-electron chi connectivity index (χ4n) is 4.26. The van der Waals surface area contributed by atoms with Crippen molar-refractivity contribution in [1.82, 2.24) is 24.6 Å². The van der Waals surface area contributed by atoms with Crippen LogP contribution in [0.2, 0.25) is 0 Å². The summed E-state index contributed by atoms with van der Waals surface area (Å²) < 4.78 is 12.5. The van der Waals surface area contributed by atoms with Crippen LogP contribution in [0.15, 0.2) is 24.3 Å². The zero-order chi connectivity index (χ0) is 22.1. The van der Waals surface area contributed by atoms with Crippen molar-refractivity contribution in [3.05, 3.63) is 46.8 Å². The summed E-state index contributed by atoms with van der Waals surface area (Å²) in [6.45, 7) is 7.67. The lowest BCUT2D eigenvalue weighted by Crippen LogP contribution is -2.48. The summed E-state index contributed by atoms with van der Waals surface area (Å²) in [7, 11) is 5.15. The summed E-state index contributed by atoms with van der Waals surface area (Å²) in [5.41, 5.74) is 4.27. The molecule has 3 heterocycles. The molecule has 1 amide bonds. The third-order valence-electron chi connectivity index (χ3n) is 5.84. The molecule has 1 aromatic carbocycles. The normalized spacial score (nSPS) is 14.8. The lowest BCUT2D eigenvalue weighted by Gasteiger charge is -2.35. The maximum atomic E-state index is 13.4. The Morgan fingerprint density at radius 2 is 1.74 bits per heavy atom. The Bertz CT molecular complexity index is 1120. The number of aryl methyl sites for hydroxylation is 3. The van der Waals surface area contributed by atoms with Gasteiger partial charge in [0.15, 0.2) is 17.1 Å². The van der Waals surface area contributed by atoms with Crippen LogP contribution in [-0.4, -0.2) is 70.9 Å². The first-order valence-electron chi connectivity index (χ1n) is 10.4. The van der Waals surface area contributed by atoms with E-state index < -0.39 is 0 Å². The maximum absolute atomic E-state index is 13.4. The van der Waals surface area contributed by atoms with E-state index in [2.05, 4.69) is 21.0 Å². The molecule has 31 heavy (non-hydrogen) atoms. The lowest BCUT2D eigenvalue weighted by atomic mass is 10.1. The Hall–Kier alpha value is -3.13. The number of methoxy groups -OCH3 is 2. The van der Waals surface area contributed by atoms with Crippen LogP contribution >= 0.6 is 0 Å². The first-order chi connectivity index (χ1) is 14.9. The van der Waals surface area contributed by atoms with Gasteiger partial charge in [-0.3, -0.25) is 14.4 Å². The smallest absolute Gasteiger partial charge is 0.254 e. The van der Waals surface area contributed by atoms with Crippen LogP contribution in [0.5, 0.6) is 11.5 Å². The van der Waals surface area contributed by atoms with Crippen molar-refractivity contribution >= 4 is 16.9 Å². The predicted octanol–water partition coefficient (Wildman–Crippen LogP) is 2.56. The second-order valence-corrected chi connectivity index (χ2v) is 7.98. The van der Waals surface area contributed by atoms with Gasteiger partial charge in [-0.25, -0.2) is 4.98 Å². The standard InChI is InChI=1S/C23H29N5O3/c1-15-12-18(21-16(2)25-26(3)22(21)24-15)23(29)28-10-8-27(9-11-28)14-17-6-7-19(30-4)20(13-17)31-5/h6-7,12-13H,8-11,14H2,1-5H3. The molecule has 164 valence electrons. The minimum Gasteiger partial charge on any atom is -0.493 e. The molecule has 1 fully saturated rings. The number of benzene rings is 1. The van der Waals surface area contributed by atoms with Crippen LogP contribution in [0.3, 0.4) is 0 Å². The SMILES string of the molecule is COc1ccc(CN2CCN(C(=O)c3cc(C)nc4c3c(C)nn4C)CC2)cc1OC. The average Bonchev–Trinajstić information content (AvgIpc) is 3.06. The largest absolute Gasteiger partial charge is 0.493 e. The number of aromatic nitrogens is 3. The molecular formula is C23H29N5O3. The van der Waals surface area contributed by atoms with E-state index in [1.807, 2.05) is 44.0 Å². The molecule has 0 radical (unpaired) electrons. The molecule has 0 N–H and O–H groups in total. The van der Waals surface area contributed by atoms with Crippen LogP contribution in [0, 0.1) is 13.8 Å². The van der Waals surface area contributed by atoms with E-state index in [0.717, 1.165) is 59.1 Å². The van der Waals surface area contributed by atoms with E-state index in [1.54, 1.807) is 18.9 Å². The Labute approximate surface area is 182 Å². The molecule has 4 rings (SSSR count). The van der Waals surface area contributed by atoms with Crippen molar-refractivity contribution in [1.29, 1.82) is 0 Å². The molecule has 0 aliphatic carbocycles. The first kappa shape index (κ1) is 21.1. The molecule has 0 bridgehead atoms. The molecule has 3 aromatic rings. The molecular weight excluding hydrogens is 394 g/mol. The van der Waals surface area contributed by atoms with E-state index >= 15 is 0 Å². The van der Waals surface area contributed by atoms with Gasteiger partial charge in [0.2, 0.25) is 0 Å². The van der Waals surface area contributed by atoms with Gasteiger partial charge < -0.3 is 14.4 Å². The number of nitrogens with zero attached hydrogens (tertiary/aromatic N) is 5. The van der Waals surface area contributed by atoms with Gasteiger partial charge in [-0.1, -0.05) is 6.07 Å². The van der Waals surface area contributed by atoms with Crippen molar-refractivity contribution < 1.29 is 14.3 Å². The number of carbonyl (C=O) groups excluding carboxylic acids is 1. The number of piperazine rings is 1. The van der Waals surface area contributed by atoms with Gasteiger partial charge >= 0.3 is 0 Å². The van der Waals surface area contributed by atoms with Gasteiger partial charge in [-0.15, -0.1) is 0 Å². The van der Waals surface area contributed by atoms with Crippen molar-refractivity contribution in [3.8, 4) is 11.5 Å². The minimum absolute atomic E-state index is 0.0531. The van der Waals surface area contributed by atoms with Gasteiger partial charge in [-0.2, -0.15) is 5.10 Å².